The first-order valence-corrected chi connectivity index (χ1v) is 7.72. The van der Waals surface area contributed by atoms with E-state index in [4.69, 9.17) is 16.7 Å². The molecule has 1 N–H and O–H groups in total. The van der Waals surface area contributed by atoms with Crippen molar-refractivity contribution in [3.05, 3.63) is 62.8 Å². The Hall–Kier alpha value is -1.04. The van der Waals surface area contributed by atoms with E-state index in [0.29, 0.717) is 15.2 Å². The lowest BCUT2D eigenvalue weighted by molar-refractivity contribution is 0.0695. The number of hydrogen-bond acceptors (Lipinski definition) is 2. The van der Waals surface area contributed by atoms with Crippen LogP contribution in [0.2, 0.25) is 5.02 Å². The number of rotatable bonds is 4. The molecule has 0 radical (unpaired) electrons. The van der Waals surface area contributed by atoms with Gasteiger partial charge in [-0.2, -0.15) is 0 Å². The molecule has 0 saturated heterocycles. The molecule has 0 saturated carbocycles. The number of carboxylic acids is 1. The van der Waals surface area contributed by atoms with Gasteiger partial charge in [0.1, 0.15) is 5.82 Å². The van der Waals surface area contributed by atoms with E-state index in [0.717, 1.165) is 10.5 Å². The summed E-state index contributed by atoms with van der Waals surface area (Å²) in [5.74, 6) is -0.820. The molecule has 0 aliphatic carbocycles. The molecule has 0 bridgehead atoms. The number of carboxylic acid groups (broad SMARTS) is 1. The van der Waals surface area contributed by atoms with Gasteiger partial charge in [0.2, 0.25) is 0 Å². The number of thioether (sulfide) groups is 1. The Morgan fingerprint density at radius 3 is 2.70 bits per heavy atom. The summed E-state index contributed by atoms with van der Waals surface area (Å²) < 4.78 is 13.5. The predicted molar refractivity (Wildman–Crippen MR) is 82.1 cm³/mol. The van der Waals surface area contributed by atoms with Crippen molar-refractivity contribution in [2.45, 2.75) is 10.6 Å². The van der Waals surface area contributed by atoms with Gasteiger partial charge < -0.3 is 5.11 Å². The molecule has 0 atom stereocenters. The van der Waals surface area contributed by atoms with Crippen LogP contribution in [0.5, 0.6) is 0 Å². The van der Waals surface area contributed by atoms with E-state index < -0.39 is 5.97 Å². The highest BCUT2D eigenvalue weighted by Gasteiger charge is 2.10. The molecular formula is C14H9BrClFO2S. The molecule has 2 rings (SSSR count). The number of benzene rings is 2. The standard InChI is InChI=1S/C14H9BrClFO2S/c15-12-4-3-10(6-11(12)14(18)19)20-7-8-1-2-9(17)5-13(8)16/h1-6H,7H2,(H,18,19). The van der Waals surface area contributed by atoms with Gasteiger partial charge in [-0.15, -0.1) is 11.8 Å². The Kier molecular flexibility index (Phi) is 5.07. The van der Waals surface area contributed by atoms with Gasteiger partial charge in [-0.05, 0) is 51.8 Å². The molecule has 0 fully saturated rings. The predicted octanol–water partition coefficient (Wildman–Crippen LogP) is 5.23. The van der Waals surface area contributed by atoms with Crippen LogP contribution in [-0.4, -0.2) is 11.1 Å². The Bertz CT molecular complexity index is 664. The minimum atomic E-state index is -0.987. The summed E-state index contributed by atoms with van der Waals surface area (Å²) in [6, 6.07) is 9.35. The van der Waals surface area contributed by atoms with Gasteiger partial charge in [0, 0.05) is 20.1 Å². The first-order chi connectivity index (χ1) is 9.47. The molecule has 20 heavy (non-hydrogen) atoms. The van der Waals surface area contributed by atoms with Crippen molar-refractivity contribution in [2.75, 3.05) is 0 Å². The summed E-state index contributed by atoms with van der Waals surface area (Å²) in [5, 5.41) is 9.42. The Morgan fingerprint density at radius 1 is 1.30 bits per heavy atom. The molecule has 2 aromatic carbocycles. The third-order valence-corrected chi connectivity index (χ3v) is 4.66. The molecule has 0 aromatic heterocycles. The average molecular weight is 376 g/mol. The van der Waals surface area contributed by atoms with Gasteiger partial charge in [0.05, 0.1) is 5.56 Å². The fourth-order valence-electron chi connectivity index (χ4n) is 1.56. The maximum absolute atomic E-state index is 12.9. The molecule has 0 aliphatic rings. The van der Waals surface area contributed by atoms with Gasteiger partial charge in [0.25, 0.3) is 0 Å². The van der Waals surface area contributed by atoms with Crippen LogP contribution in [0.1, 0.15) is 15.9 Å². The van der Waals surface area contributed by atoms with Gasteiger partial charge in [0.15, 0.2) is 0 Å². The van der Waals surface area contributed by atoms with Crippen molar-refractivity contribution < 1.29 is 14.3 Å². The zero-order valence-corrected chi connectivity index (χ0v) is 13.2. The van der Waals surface area contributed by atoms with E-state index in [9.17, 15) is 9.18 Å². The van der Waals surface area contributed by atoms with Crippen LogP contribution in [0, 0.1) is 5.82 Å². The SMILES string of the molecule is O=C(O)c1cc(SCc2ccc(F)cc2Cl)ccc1Br. The lowest BCUT2D eigenvalue weighted by atomic mass is 10.2. The molecule has 0 aliphatic heterocycles. The van der Waals surface area contributed by atoms with Crippen LogP contribution in [0.3, 0.4) is 0 Å². The van der Waals surface area contributed by atoms with Crippen molar-refractivity contribution in [2.24, 2.45) is 0 Å². The fourth-order valence-corrected chi connectivity index (χ4v) is 3.23. The largest absolute Gasteiger partial charge is 0.478 e. The molecule has 2 nitrogen and oxygen atoms in total. The zero-order chi connectivity index (χ0) is 14.7. The topological polar surface area (TPSA) is 37.3 Å². The third kappa shape index (κ3) is 3.75. The number of aromatic carboxylic acids is 1. The second-order valence-electron chi connectivity index (χ2n) is 3.97. The number of carbonyl (C=O) groups is 1. The quantitative estimate of drug-likeness (QED) is 0.743. The van der Waals surface area contributed by atoms with Crippen molar-refractivity contribution in [3.8, 4) is 0 Å². The highest BCUT2D eigenvalue weighted by Crippen LogP contribution is 2.29. The Balaban J connectivity index is 2.15. The zero-order valence-electron chi connectivity index (χ0n) is 10.1. The molecule has 0 amide bonds. The maximum Gasteiger partial charge on any atom is 0.336 e. The molecule has 0 unspecified atom stereocenters. The average Bonchev–Trinajstić information content (AvgIpc) is 2.39. The lowest BCUT2D eigenvalue weighted by Crippen LogP contribution is -1.97. The smallest absolute Gasteiger partial charge is 0.336 e. The van der Waals surface area contributed by atoms with E-state index in [1.54, 1.807) is 18.2 Å². The fraction of sp³-hybridized carbons (Fsp3) is 0.0714. The van der Waals surface area contributed by atoms with Crippen LogP contribution >= 0.6 is 39.3 Å². The van der Waals surface area contributed by atoms with Crippen molar-refractivity contribution >= 4 is 45.3 Å². The normalized spacial score (nSPS) is 10.6. The monoisotopic (exact) mass is 374 g/mol. The Morgan fingerprint density at radius 2 is 2.05 bits per heavy atom. The number of hydrogen-bond donors (Lipinski definition) is 1. The first kappa shape index (κ1) is 15.4. The second-order valence-corrected chi connectivity index (χ2v) is 6.28. The minimum Gasteiger partial charge on any atom is -0.478 e. The van der Waals surface area contributed by atoms with E-state index in [-0.39, 0.29) is 11.4 Å². The van der Waals surface area contributed by atoms with E-state index >= 15 is 0 Å². The Labute approximate surface area is 133 Å². The summed E-state index contributed by atoms with van der Waals surface area (Å²) in [6.45, 7) is 0. The van der Waals surface area contributed by atoms with Gasteiger partial charge in [-0.3, -0.25) is 0 Å². The summed E-state index contributed by atoms with van der Waals surface area (Å²) in [7, 11) is 0. The molecule has 104 valence electrons. The van der Waals surface area contributed by atoms with Crippen molar-refractivity contribution in [3.63, 3.8) is 0 Å². The first-order valence-electron chi connectivity index (χ1n) is 5.57. The van der Waals surface area contributed by atoms with Crippen LogP contribution in [-0.2, 0) is 5.75 Å². The van der Waals surface area contributed by atoms with Crippen molar-refractivity contribution in [1.29, 1.82) is 0 Å². The molecule has 0 heterocycles. The number of halogens is 3. The summed E-state index contributed by atoms with van der Waals surface area (Å²) in [6.07, 6.45) is 0. The maximum atomic E-state index is 12.9. The van der Waals surface area contributed by atoms with Gasteiger partial charge in [-0.25, -0.2) is 9.18 Å². The van der Waals surface area contributed by atoms with Crippen molar-refractivity contribution in [1.82, 2.24) is 0 Å². The van der Waals surface area contributed by atoms with E-state index in [2.05, 4.69) is 15.9 Å². The molecule has 6 heteroatoms. The summed E-state index contributed by atoms with van der Waals surface area (Å²) in [5.41, 5.74) is 1.01. The highest BCUT2D eigenvalue weighted by molar-refractivity contribution is 9.10. The summed E-state index contributed by atoms with van der Waals surface area (Å²) >= 11 is 10.6. The summed E-state index contributed by atoms with van der Waals surface area (Å²) in [4.78, 5) is 11.8. The minimum absolute atomic E-state index is 0.209. The highest BCUT2D eigenvalue weighted by atomic mass is 79.9. The van der Waals surface area contributed by atoms with E-state index in [1.165, 1.54) is 23.9 Å². The third-order valence-electron chi connectivity index (χ3n) is 2.58. The van der Waals surface area contributed by atoms with Crippen LogP contribution in [0.15, 0.2) is 45.8 Å². The van der Waals surface area contributed by atoms with Gasteiger partial charge >= 0.3 is 5.97 Å². The molecule has 2 aromatic rings. The lowest BCUT2D eigenvalue weighted by Gasteiger charge is -2.06. The van der Waals surface area contributed by atoms with E-state index in [1.807, 2.05) is 6.07 Å². The molecule has 0 spiro atoms. The van der Waals surface area contributed by atoms with Crippen LogP contribution in [0.25, 0.3) is 0 Å². The molecular weight excluding hydrogens is 367 g/mol. The second kappa shape index (κ2) is 6.61. The van der Waals surface area contributed by atoms with Gasteiger partial charge in [-0.1, -0.05) is 17.7 Å². The van der Waals surface area contributed by atoms with Crippen LogP contribution in [0.4, 0.5) is 4.39 Å². The van der Waals surface area contributed by atoms with Crippen LogP contribution < -0.4 is 0 Å².